The Labute approximate surface area is 160 Å². The molecule has 2 aliphatic rings. The van der Waals surface area contributed by atoms with Gasteiger partial charge in [-0.05, 0) is 49.1 Å². The van der Waals surface area contributed by atoms with Gasteiger partial charge < -0.3 is 19.5 Å². The first-order valence-electron chi connectivity index (χ1n) is 9.74. The molecule has 1 N–H and O–H groups in total. The number of rotatable bonds is 7. The van der Waals surface area contributed by atoms with Crippen LogP contribution in [0.25, 0.3) is 0 Å². The zero-order valence-electron chi connectivity index (χ0n) is 16.0. The van der Waals surface area contributed by atoms with Crippen LogP contribution < -0.4 is 4.74 Å². The smallest absolute Gasteiger partial charge is 0.323 e. The second-order valence-corrected chi connectivity index (χ2v) is 8.01. The molecule has 1 aliphatic carbocycles. The van der Waals surface area contributed by atoms with Crippen LogP contribution in [0.1, 0.15) is 33.1 Å². The summed E-state index contributed by atoms with van der Waals surface area (Å²) >= 11 is 0. The van der Waals surface area contributed by atoms with E-state index in [1.54, 1.807) is 12.1 Å². The Balaban J connectivity index is 1.62. The van der Waals surface area contributed by atoms with E-state index in [9.17, 15) is 14.7 Å². The summed E-state index contributed by atoms with van der Waals surface area (Å²) in [5.41, 5.74) is 0. The van der Waals surface area contributed by atoms with Gasteiger partial charge in [0.2, 0.25) is 0 Å². The number of benzene rings is 1. The number of nitrogens with zero attached hydrogens (tertiary/aromatic N) is 1. The Morgan fingerprint density at radius 2 is 1.89 bits per heavy atom. The number of carbonyl (C=O) groups excluding carboxylic acids is 1. The molecule has 1 amide bonds. The number of hydrogen-bond donors (Lipinski definition) is 1. The summed E-state index contributed by atoms with van der Waals surface area (Å²) < 4.78 is 11.5. The van der Waals surface area contributed by atoms with Gasteiger partial charge in [0.25, 0.3) is 5.91 Å². The SMILES string of the molecule is CC(C)[C@@H]1C[C@@H]2C[C@H](N(CC(=O)O)C(=O)COc3ccccc3)C[C@@H]2CO1. The van der Waals surface area contributed by atoms with Crippen LogP contribution in [-0.4, -0.2) is 53.8 Å². The highest BCUT2D eigenvalue weighted by molar-refractivity contribution is 5.82. The summed E-state index contributed by atoms with van der Waals surface area (Å²) in [5.74, 6) is 0.718. The lowest BCUT2D eigenvalue weighted by molar-refractivity contribution is -0.147. The molecule has 3 rings (SSSR count). The van der Waals surface area contributed by atoms with Crippen molar-refractivity contribution in [1.29, 1.82) is 0 Å². The van der Waals surface area contributed by atoms with Gasteiger partial charge in [0, 0.05) is 6.04 Å². The van der Waals surface area contributed by atoms with Crippen LogP contribution in [0, 0.1) is 17.8 Å². The first-order valence-corrected chi connectivity index (χ1v) is 9.74. The Bertz CT molecular complexity index is 647. The molecule has 1 aromatic rings. The summed E-state index contributed by atoms with van der Waals surface area (Å²) in [6.45, 7) is 4.61. The van der Waals surface area contributed by atoms with Crippen molar-refractivity contribution in [2.45, 2.75) is 45.3 Å². The Morgan fingerprint density at radius 3 is 2.56 bits per heavy atom. The zero-order chi connectivity index (χ0) is 19.4. The fourth-order valence-electron chi connectivity index (χ4n) is 4.32. The molecule has 1 saturated carbocycles. The number of amides is 1. The lowest BCUT2D eigenvalue weighted by atomic mass is 9.85. The number of fused-ring (bicyclic) bond motifs is 1. The average Bonchev–Trinajstić information content (AvgIpc) is 3.07. The van der Waals surface area contributed by atoms with Crippen molar-refractivity contribution in [3.63, 3.8) is 0 Å². The fraction of sp³-hybridized carbons (Fsp3) is 0.619. The molecule has 4 atom stereocenters. The first kappa shape index (κ1) is 19.7. The third kappa shape index (κ3) is 5.01. The number of carboxylic acids is 1. The third-order valence-electron chi connectivity index (χ3n) is 5.79. The number of carbonyl (C=O) groups is 2. The van der Waals surface area contributed by atoms with Gasteiger partial charge in [-0.3, -0.25) is 9.59 Å². The minimum Gasteiger partial charge on any atom is -0.484 e. The molecule has 1 saturated heterocycles. The van der Waals surface area contributed by atoms with E-state index in [2.05, 4.69) is 13.8 Å². The van der Waals surface area contributed by atoms with Crippen LogP contribution in [-0.2, 0) is 14.3 Å². The van der Waals surface area contributed by atoms with Crippen LogP contribution in [0.3, 0.4) is 0 Å². The van der Waals surface area contributed by atoms with E-state index in [1.165, 1.54) is 4.90 Å². The molecule has 6 heteroatoms. The molecule has 0 spiro atoms. The first-order chi connectivity index (χ1) is 12.9. The average molecular weight is 375 g/mol. The van der Waals surface area contributed by atoms with Gasteiger partial charge in [-0.15, -0.1) is 0 Å². The second-order valence-electron chi connectivity index (χ2n) is 8.01. The molecule has 148 valence electrons. The lowest BCUT2D eigenvalue weighted by Gasteiger charge is -2.34. The summed E-state index contributed by atoms with van der Waals surface area (Å²) in [7, 11) is 0. The van der Waals surface area contributed by atoms with Crippen LogP contribution in [0.5, 0.6) is 5.75 Å². The molecule has 2 fully saturated rings. The molecule has 0 unspecified atom stereocenters. The summed E-state index contributed by atoms with van der Waals surface area (Å²) in [5, 5.41) is 9.29. The topological polar surface area (TPSA) is 76.1 Å². The highest BCUT2D eigenvalue weighted by atomic mass is 16.5. The molecular formula is C21H29NO5. The lowest BCUT2D eigenvalue weighted by Crippen LogP contribution is -2.44. The van der Waals surface area contributed by atoms with E-state index in [0.717, 1.165) is 19.3 Å². The number of carboxylic acid groups (broad SMARTS) is 1. The van der Waals surface area contributed by atoms with E-state index >= 15 is 0 Å². The normalized spacial score (nSPS) is 27.2. The molecule has 0 radical (unpaired) electrons. The molecule has 0 aromatic heterocycles. The van der Waals surface area contributed by atoms with Gasteiger partial charge in [0.05, 0.1) is 12.7 Å². The van der Waals surface area contributed by atoms with E-state index in [-0.39, 0.29) is 31.2 Å². The molecule has 0 bridgehead atoms. The summed E-state index contributed by atoms with van der Waals surface area (Å²) in [6.07, 6.45) is 2.91. The van der Waals surface area contributed by atoms with Crippen molar-refractivity contribution < 1.29 is 24.2 Å². The van der Waals surface area contributed by atoms with E-state index in [0.29, 0.717) is 30.1 Å². The Hall–Kier alpha value is -2.08. The van der Waals surface area contributed by atoms with E-state index in [1.807, 2.05) is 18.2 Å². The van der Waals surface area contributed by atoms with Crippen molar-refractivity contribution in [3.8, 4) is 5.75 Å². The number of aliphatic carboxylic acids is 1. The van der Waals surface area contributed by atoms with Crippen LogP contribution in [0.15, 0.2) is 30.3 Å². The maximum absolute atomic E-state index is 12.7. The van der Waals surface area contributed by atoms with Gasteiger partial charge in [-0.1, -0.05) is 32.0 Å². The maximum atomic E-state index is 12.7. The Morgan fingerprint density at radius 1 is 1.19 bits per heavy atom. The van der Waals surface area contributed by atoms with Crippen molar-refractivity contribution in [2.75, 3.05) is 19.8 Å². The van der Waals surface area contributed by atoms with Crippen molar-refractivity contribution in [1.82, 2.24) is 4.90 Å². The minimum atomic E-state index is -0.991. The molecular weight excluding hydrogens is 346 g/mol. The van der Waals surface area contributed by atoms with Crippen LogP contribution in [0.4, 0.5) is 0 Å². The van der Waals surface area contributed by atoms with Crippen molar-refractivity contribution >= 4 is 11.9 Å². The maximum Gasteiger partial charge on any atom is 0.323 e. The van der Waals surface area contributed by atoms with Gasteiger partial charge in [0.15, 0.2) is 6.61 Å². The van der Waals surface area contributed by atoms with Gasteiger partial charge in [-0.2, -0.15) is 0 Å². The predicted octanol–water partition coefficient (Wildman–Crippen LogP) is 2.82. The van der Waals surface area contributed by atoms with E-state index < -0.39 is 5.97 Å². The molecule has 27 heavy (non-hydrogen) atoms. The molecule has 6 nitrogen and oxygen atoms in total. The van der Waals surface area contributed by atoms with Gasteiger partial charge >= 0.3 is 5.97 Å². The highest BCUT2D eigenvalue weighted by Crippen LogP contribution is 2.42. The standard InChI is InChI=1S/C21H29NO5/c1-14(2)19-10-15-8-17(9-16(15)12-27-19)22(11-21(24)25)20(23)13-26-18-6-4-3-5-7-18/h3-7,14-17,19H,8-13H2,1-2H3,(H,24,25)/t15-,16+,17-,19-/m0/s1. The number of para-hydroxylation sites is 1. The van der Waals surface area contributed by atoms with E-state index in [4.69, 9.17) is 9.47 Å². The van der Waals surface area contributed by atoms with Crippen LogP contribution >= 0.6 is 0 Å². The van der Waals surface area contributed by atoms with Crippen molar-refractivity contribution in [2.24, 2.45) is 17.8 Å². The monoisotopic (exact) mass is 375 g/mol. The Kier molecular flexibility index (Phi) is 6.37. The zero-order valence-corrected chi connectivity index (χ0v) is 16.0. The largest absolute Gasteiger partial charge is 0.484 e. The second kappa shape index (κ2) is 8.74. The van der Waals surface area contributed by atoms with Crippen LogP contribution in [0.2, 0.25) is 0 Å². The third-order valence-corrected chi connectivity index (χ3v) is 5.79. The molecule has 1 aliphatic heterocycles. The summed E-state index contributed by atoms with van der Waals surface area (Å²) in [4.78, 5) is 25.6. The molecule has 1 aromatic carbocycles. The quantitative estimate of drug-likeness (QED) is 0.793. The number of ether oxygens (including phenoxy) is 2. The molecule has 1 heterocycles. The van der Waals surface area contributed by atoms with Crippen molar-refractivity contribution in [3.05, 3.63) is 30.3 Å². The van der Waals surface area contributed by atoms with Gasteiger partial charge in [0.1, 0.15) is 12.3 Å². The highest BCUT2D eigenvalue weighted by Gasteiger charge is 2.43. The predicted molar refractivity (Wildman–Crippen MR) is 100 cm³/mol. The van der Waals surface area contributed by atoms with Gasteiger partial charge in [-0.25, -0.2) is 0 Å². The summed E-state index contributed by atoms with van der Waals surface area (Å²) in [6, 6.07) is 9.05. The fourth-order valence-corrected chi connectivity index (χ4v) is 4.32. The number of hydrogen-bond acceptors (Lipinski definition) is 4. The minimum absolute atomic E-state index is 0.0579.